The van der Waals surface area contributed by atoms with Crippen molar-refractivity contribution in [3.63, 3.8) is 0 Å². The molecule has 0 aliphatic carbocycles. The van der Waals surface area contributed by atoms with Crippen molar-refractivity contribution < 1.29 is 13.2 Å². The van der Waals surface area contributed by atoms with E-state index < -0.39 is 17.3 Å². The van der Waals surface area contributed by atoms with Gasteiger partial charge in [-0.3, -0.25) is 4.79 Å². The van der Waals surface area contributed by atoms with Crippen LogP contribution in [0.5, 0.6) is 0 Å². The van der Waals surface area contributed by atoms with Gasteiger partial charge in [0.05, 0.1) is 11.9 Å². The number of halogens is 3. The van der Waals surface area contributed by atoms with Crippen molar-refractivity contribution in [1.29, 1.82) is 0 Å². The molecule has 7 heteroatoms. The summed E-state index contributed by atoms with van der Waals surface area (Å²) in [5.41, 5.74) is 5.05. The maximum atomic E-state index is 12.6. The lowest BCUT2D eigenvalue weighted by Crippen LogP contribution is -2.19. The highest BCUT2D eigenvalue weighted by molar-refractivity contribution is 5.26. The van der Waals surface area contributed by atoms with Gasteiger partial charge in [0.15, 0.2) is 0 Å². The van der Waals surface area contributed by atoms with Crippen LogP contribution in [-0.4, -0.2) is 9.55 Å². The molecule has 0 aliphatic heterocycles. The third-order valence-electron chi connectivity index (χ3n) is 2.76. The molecule has 20 heavy (non-hydrogen) atoms. The van der Waals surface area contributed by atoms with Crippen LogP contribution in [-0.2, 0) is 19.3 Å². The maximum Gasteiger partial charge on any atom is 0.416 e. The fraction of sp³-hybridized carbons (Fsp3) is 0.231. The highest BCUT2D eigenvalue weighted by Crippen LogP contribution is 2.29. The standard InChI is InChI=1S/C13H12F3N3O/c14-13(15,16)11-3-1-2-9(4-11)6-19-7-10(5-17)12(20)18-8-19/h1-4,7-8H,5-6,17H2. The first-order valence-electron chi connectivity index (χ1n) is 5.81. The molecule has 2 N–H and O–H groups in total. The summed E-state index contributed by atoms with van der Waals surface area (Å²) in [6, 6.07) is 5.01. The Kier molecular flexibility index (Phi) is 3.89. The predicted octanol–water partition coefficient (Wildman–Crippen LogP) is 1.77. The first kappa shape index (κ1) is 14.3. The number of benzene rings is 1. The van der Waals surface area contributed by atoms with Gasteiger partial charge in [0.1, 0.15) is 0 Å². The highest BCUT2D eigenvalue weighted by Gasteiger charge is 2.30. The minimum atomic E-state index is -4.37. The van der Waals surface area contributed by atoms with Crippen molar-refractivity contribution in [3.05, 3.63) is 63.8 Å². The topological polar surface area (TPSA) is 60.9 Å². The number of nitrogens with zero attached hydrogens (tertiary/aromatic N) is 2. The van der Waals surface area contributed by atoms with Gasteiger partial charge in [0.2, 0.25) is 0 Å². The molecular formula is C13H12F3N3O. The Bertz CT molecular complexity index is 664. The van der Waals surface area contributed by atoms with Gasteiger partial charge in [-0.15, -0.1) is 0 Å². The van der Waals surface area contributed by atoms with Gasteiger partial charge in [-0.05, 0) is 17.7 Å². The van der Waals surface area contributed by atoms with Crippen LogP contribution in [0.4, 0.5) is 13.2 Å². The Morgan fingerprint density at radius 2 is 2.05 bits per heavy atom. The van der Waals surface area contributed by atoms with Crippen molar-refractivity contribution in [2.45, 2.75) is 19.3 Å². The molecule has 1 aromatic heterocycles. The molecule has 0 radical (unpaired) electrons. The van der Waals surface area contributed by atoms with Crippen molar-refractivity contribution in [2.75, 3.05) is 0 Å². The lowest BCUT2D eigenvalue weighted by Gasteiger charge is -2.10. The second kappa shape index (κ2) is 5.46. The molecular weight excluding hydrogens is 271 g/mol. The van der Waals surface area contributed by atoms with Gasteiger partial charge < -0.3 is 10.3 Å². The molecule has 0 amide bonds. The molecule has 106 valence electrons. The molecule has 1 heterocycles. The Morgan fingerprint density at radius 1 is 1.30 bits per heavy atom. The van der Waals surface area contributed by atoms with Crippen molar-refractivity contribution in [1.82, 2.24) is 9.55 Å². The fourth-order valence-electron chi connectivity index (χ4n) is 1.78. The zero-order valence-corrected chi connectivity index (χ0v) is 10.4. The summed E-state index contributed by atoms with van der Waals surface area (Å²) in [7, 11) is 0. The van der Waals surface area contributed by atoms with Crippen LogP contribution in [0.2, 0.25) is 0 Å². The quantitative estimate of drug-likeness (QED) is 0.933. The largest absolute Gasteiger partial charge is 0.416 e. The van der Waals surface area contributed by atoms with Gasteiger partial charge in [-0.1, -0.05) is 12.1 Å². The van der Waals surface area contributed by atoms with Gasteiger partial charge in [0, 0.05) is 24.8 Å². The Hall–Kier alpha value is -2.15. The van der Waals surface area contributed by atoms with Crippen LogP contribution in [0.15, 0.2) is 41.6 Å². The minimum Gasteiger partial charge on any atom is -0.334 e. The van der Waals surface area contributed by atoms with E-state index in [0.29, 0.717) is 11.1 Å². The number of hydrogen-bond acceptors (Lipinski definition) is 3. The molecule has 0 saturated heterocycles. The summed E-state index contributed by atoms with van der Waals surface area (Å²) in [5, 5.41) is 0. The van der Waals surface area contributed by atoms with E-state index >= 15 is 0 Å². The Labute approximate surface area is 112 Å². The van der Waals surface area contributed by atoms with Gasteiger partial charge >= 0.3 is 6.18 Å². The van der Waals surface area contributed by atoms with E-state index in [1.54, 1.807) is 6.07 Å². The van der Waals surface area contributed by atoms with E-state index in [9.17, 15) is 18.0 Å². The number of alkyl halides is 3. The summed E-state index contributed by atoms with van der Waals surface area (Å²) < 4.78 is 39.3. The average molecular weight is 283 g/mol. The van der Waals surface area contributed by atoms with E-state index in [2.05, 4.69) is 4.98 Å². The van der Waals surface area contributed by atoms with Crippen LogP contribution in [0.25, 0.3) is 0 Å². The van der Waals surface area contributed by atoms with E-state index in [0.717, 1.165) is 12.1 Å². The lowest BCUT2D eigenvalue weighted by molar-refractivity contribution is -0.137. The molecule has 0 unspecified atom stereocenters. The Morgan fingerprint density at radius 3 is 2.70 bits per heavy atom. The summed E-state index contributed by atoms with van der Waals surface area (Å²) in [6.45, 7) is 0.222. The van der Waals surface area contributed by atoms with Crippen LogP contribution in [0, 0.1) is 0 Å². The van der Waals surface area contributed by atoms with E-state index in [1.807, 2.05) is 0 Å². The second-order valence-corrected chi connectivity index (χ2v) is 4.28. The van der Waals surface area contributed by atoms with Gasteiger partial charge in [-0.25, -0.2) is 0 Å². The highest BCUT2D eigenvalue weighted by atomic mass is 19.4. The van der Waals surface area contributed by atoms with Crippen molar-refractivity contribution >= 4 is 0 Å². The number of nitrogens with two attached hydrogens (primary N) is 1. The molecule has 2 aromatic rings. The third-order valence-corrected chi connectivity index (χ3v) is 2.76. The summed E-state index contributed by atoms with van der Waals surface area (Å²) in [5.74, 6) is 0. The van der Waals surface area contributed by atoms with Crippen LogP contribution >= 0.6 is 0 Å². The SMILES string of the molecule is NCc1cn(Cc2cccc(C(F)(F)F)c2)cnc1=O. The zero-order valence-electron chi connectivity index (χ0n) is 10.4. The number of aromatic nitrogens is 2. The first-order chi connectivity index (χ1) is 9.40. The third kappa shape index (κ3) is 3.24. The summed E-state index contributed by atoms with van der Waals surface area (Å²) >= 11 is 0. The van der Waals surface area contributed by atoms with Crippen LogP contribution in [0.1, 0.15) is 16.7 Å². The molecule has 2 rings (SSSR count). The van der Waals surface area contributed by atoms with E-state index in [-0.39, 0.29) is 13.1 Å². The fourth-order valence-corrected chi connectivity index (χ4v) is 1.78. The monoisotopic (exact) mass is 283 g/mol. The van der Waals surface area contributed by atoms with E-state index in [4.69, 9.17) is 5.73 Å². The molecule has 0 saturated carbocycles. The van der Waals surface area contributed by atoms with Gasteiger partial charge in [0.25, 0.3) is 5.56 Å². The summed E-state index contributed by atoms with van der Waals surface area (Å²) in [4.78, 5) is 14.9. The number of hydrogen-bond donors (Lipinski definition) is 1. The Balaban J connectivity index is 2.28. The van der Waals surface area contributed by atoms with Gasteiger partial charge in [-0.2, -0.15) is 18.2 Å². The smallest absolute Gasteiger partial charge is 0.334 e. The van der Waals surface area contributed by atoms with E-state index in [1.165, 1.54) is 23.2 Å². The summed E-state index contributed by atoms with van der Waals surface area (Å²) in [6.07, 6.45) is -1.60. The minimum absolute atomic E-state index is 0.0370. The molecule has 0 fully saturated rings. The van der Waals surface area contributed by atoms with Crippen LogP contribution in [0.3, 0.4) is 0 Å². The molecule has 0 aliphatic rings. The zero-order chi connectivity index (χ0) is 14.8. The lowest BCUT2D eigenvalue weighted by atomic mass is 10.1. The maximum absolute atomic E-state index is 12.6. The predicted molar refractivity (Wildman–Crippen MR) is 66.9 cm³/mol. The second-order valence-electron chi connectivity index (χ2n) is 4.28. The molecule has 0 spiro atoms. The normalized spacial score (nSPS) is 11.6. The molecule has 0 bridgehead atoms. The van der Waals surface area contributed by atoms with Crippen molar-refractivity contribution in [2.24, 2.45) is 5.73 Å². The van der Waals surface area contributed by atoms with Crippen LogP contribution < -0.4 is 11.3 Å². The van der Waals surface area contributed by atoms with Crippen molar-refractivity contribution in [3.8, 4) is 0 Å². The molecule has 0 atom stereocenters. The molecule has 1 aromatic carbocycles. The first-order valence-corrected chi connectivity index (χ1v) is 5.81. The number of rotatable bonds is 3. The average Bonchev–Trinajstić information content (AvgIpc) is 2.40. The molecule has 4 nitrogen and oxygen atoms in total.